The van der Waals surface area contributed by atoms with Gasteiger partial charge in [-0.3, -0.25) is 4.98 Å². The maximum atomic E-state index is 10.1. The van der Waals surface area contributed by atoms with Crippen molar-refractivity contribution in [2.24, 2.45) is 0 Å². The summed E-state index contributed by atoms with van der Waals surface area (Å²) in [5.74, 6) is 1.49. The Balaban J connectivity index is 0.00000141. The van der Waals surface area contributed by atoms with Crippen molar-refractivity contribution in [3.05, 3.63) is 89.2 Å². The van der Waals surface area contributed by atoms with Gasteiger partial charge in [0.25, 0.3) is 0 Å². The lowest BCUT2D eigenvalue weighted by atomic mass is 9.92. The van der Waals surface area contributed by atoms with E-state index in [-0.39, 0.29) is 18.8 Å². The molecule has 1 aromatic heterocycles. The van der Waals surface area contributed by atoms with Crippen LogP contribution in [0.1, 0.15) is 55.0 Å². The van der Waals surface area contributed by atoms with Crippen LogP contribution in [0.5, 0.6) is 11.5 Å². The van der Waals surface area contributed by atoms with Crippen LogP contribution in [0.15, 0.2) is 67.0 Å². The minimum atomic E-state index is -0.446. The molecule has 32 heavy (non-hydrogen) atoms. The van der Waals surface area contributed by atoms with Gasteiger partial charge in [0, 0.05) is 19.0 Å². The monoisotopic (exact) mass is 435 g/mol. The third-order valence-electron chi connectivity index (χ3n) is 5.51. The Labute approximate surface area is 190 Å². The Morgan fingerprint density at radius 3 is 2.50 bits per heavy atom. The van der Waals surface area contributed by atoms with Crippen LogP contribution >= 0.6 is 0 Å². The number of hydrogen-bond donors (Lipinski definition) is 2. The first-order chi connectivity index (χ1) is 15.6. The van der Waals surface area contributed by atoms with Crippen LogP contribution in [0.3, 0.4) is 0 Å². The minimum Gasteiger partial charge on any atom is -0.456 e. The highest BCUT2D eigenvalue weighted by Crippen LogP contribution is 2.33. The van der Waals surface area contributed by atoms with Gasteiger partial charge in [-0.15, -0.1) is 0 Å². The highest BCUT2D eigenvalue weighted by atomic mass is 16.5. The number of aliphatic hydroxyl groups excluding tert-OH is 2. The number of ether oxygens (including phenoxy) is 2. The summed E-state index contributed by atoms with van der Waals surface area (Å²) in [6.07, 6.45) is 4.29. The van der Waals surface area contributed by atoms with Gasteiger partial charge < -0.3 is 19.7 Å². The summed E-state index contributed by atoms with van der Waals surface area (Å²) in [7, 11) is 0. The third kappa shape index (κ3) is 6.39. The fourth-order valence-corrected chi connectivity index (χ4v) is 3.84. The molecule has 3 aromatic rings. The summed E-state index contributed by atoms with van der Waals surface area (Å²) >= 11 is 0. The molecule has 1 fully saturated rings. The highest BCUT2D eigenvalue weighted by molar-refractivity contribution is 5.38. The SMILES string of the molecule is CC.Cc1ccc([C@H]2C[C@@H](O)C[C@@H](CO)O2)cc1Cc1ccc(Oc2cccnc2)cc1. The lowest BCUT2D eigenvalue weighted by Crippen LogP contribution is -2.33. The van der Waals surface area contributed by atoms with Crippen LogP contribution in [0.25, 0.3) is 0 Å². The molecule has 170 valence electrons. The average molecular weight is 436 g/mol. The normalized spacial score (nSPS) is 20.2. The molecule has 1 aliphatic heterocycles. The molecule has 0 amide bonds. The Bertz CT molecular complexity index is 959. The van der Waals surface area contributed by atoms with Gasteiger partial charge in [-0.05, 0) is 59.9 Å². The molecule has 0 aliphatic carbocycles. The largest absolute Gasteiger partial charge is 0.456 e. The van der Waals surface area contributed by atoms with Gasteiger partial charge in [0.2, 0.25) is 0 Å². The van der Waals surface area contributed by atoms with Crippen LogP contribution in [0.2, 0.25) is 0 Å². The maximum Gasteiger partial charge on any atom is 0.145 e. The topological polar surface area (TPSA) is 71.8 Å². The first-order valence-electron chi connectivity index (χ1n) is 11.3. The molecule has 0 radical (unpaired) electrons. The molecule has 1 saturated heterocycles. The predicted molar refractivity (Wildman–Crippen MR) is 126 cm³/mol. The molecule has 2 heterocycles. The maximum absolute atomic E-state index is 10.1. The number of rotatable bonds is 6. The van der Waals surface area contributed by atoms with Crippen molar-refractivity contribution in [3.63, 3.8) is 0 Å². The van der Waals surface area contributed by atoms with E-state index in [4.69, 9.17) is 9.47 Å². The molecule has 3 atom stereocenters. The lowest BCUT2D eigenvalue weighted by molar-refractivity contribution is -0.113. The van der Waals surface area contributed by atoms with Crippen molar-refractivity contribution in [1.82, 2.24) is 4.98 Å². The second-order valence-electron chi connectivity index (χ2n) is 7.85. The number of hydrogen-bond acceptors (Lipinski definition) is 5. The van der Waals surface area contributed by atoms with E-state index in [0.717, 1.165) is 17.7 Å². The van der Waals surface area contributed by atoms with Crippen LogP contribution in [-0.2, 0) is 11.2 Å². The van der Waals surface area contributed by atoms with Crippen LogP contribution < -0.4 is 4.74 Å². The number of benzene rings is 2. The van der Waals surface area contributed by atoms with Crippen LogP contribution in [-0.4, -0.2) is 34.0 Å². The molecule has 1 aliphatic rings. The van der Waals surface area contributed by atoms with Crippen LogP contribution in [0, 0.1) is 6.92 Å². The van der Waals surface area contributed by atoms with Gasteiger partial charge in [0.15, 0.2) is 0 Å². The fourth-order valence-electron chi connectivity index (χ4n) is 3.84. The van der Waals surface area contributed by atoms with E-state index in [1.807, 2.05) is 38.1 Å². The summed E-state index contributed by atoms with van der Waals surface area (Å²) in [5.41, 5.74) is 4.66. The highest BCUT2D eigenvalue weighted by Gasteiger charge is 2.29. The van der Waals surface area contributed by atoms with E-state index in [1.54, 1.807) is 12.4 Å². The Morgan fingerprint density at radius 1 is 1.03 bits per heavy atom. The average Bonchev–Trinajstić information content (AvgIpc) is 2.83. The summed E-state index contributed by atoms with van der Waals surface area (Å²) in [5, 5.41) is 19.6. The molecule has 0 bridgehead atoms. The smallest absolute Gasteiger partial charge is 0.145 e. The van der Waals surface area contributed by atoms with E-state index in [0.29, 0.717) is 18.6 Å². The quantitative estimate of drug-likeness (QED) is 0.544. The van der Waals surface area contributed by atoms with E-state index >= 15 is 0 Å². The van der Waals surface area contributed by atoms with E-state index < -0.39 is 6.10 Å². The molecular weight excluding hydrogens is 402 g/mol. The van der Waals surface area contributed by atoms with Gasteiger partial charge in [-0.25, -0.2) is 0 Å². The molecule has 5 heteroatoms. The van der Waals surface area contributed by atoms with Crippen molar-refractivity contribution in [2.75, 3.05) is 6.61 Å². The Morgan fingerprint density at radius 2 is 1.81 bits per heavy atom. The van der Waals surface area contributed by atoms with Crippen molar-refractivity contribution in [3.8, 4) is 11.5 Å². The molecule has 5 nitrogen and oxygen atoms in total. The molecular formula is C27H33NO4. The number of pyridine rings is 1. The summed E-state index contributed by atoms with van der Waals surface area (Å²) < 4.78 is 11.8. The Hall–Kier alpha value is -2.73. The second-order valence-corrected chi connectivity index (χ2v) is 7.85. The van der Waals surface area contributed by atoms with Gasteiger partial charge in [0.05, 0.1) is 31.1 Å². The van der Waals surface area contributed by atoms with E-state index in [1.165, 1.54) is 16.7 Å². The van der Waals surface area contributed by atoms with Crippen molar-refractivity contribution in [1.29, 1.82) is 0 Å². The van der Waals surface area contributed by atoms with Gasteiger partial charge in [-0.1, -0.05) is 44.2 Å². The number of aryl methyl sites for hydroxylation is 1. The number of aromatic nitrogens is 1. The standard InChI is InChI=1S/C25H27NO4.C2H6/c1-17-4-7-19(25-14-21(28)13-24(16-27)30-25)12-20(17)11-18-5-8-22(9-6-18)29-23-3-2-10-26-15-23;1-2/h2-10,12,15,21,24-25,27-28H,11,13-14,16H2,1H3;1-2H3/t21-,24-,25+;/m0./s1. The first kappa shape index (κ1) is 23.9. The minimum absolute atomic E-state index is 0.0697. The molecule has 0 saturated carbocycles. The first-order valence-corrected chi connectivity index (χ1v) is 11.3. The van der Waals surface area contributed by atoms with Crippen LogP contribution in [0.4, 0.5) is 0 Å². The van der Waals surface area contributed by atoms with E-state index in [9.17, 15) is 10.2 Å². The molecule has 0 spiro atoms. The van der Waals surface area contributed by atoms with E-state index in [2.05, 4.69) is 42.2 Å². The Kier molecular flexibility index (Phi) is 8.80. The van der Waals surface area contributed by atoms with Gasteiger partial charge in [0.1, 0.15) is 11.5 Å². The molecule has 2 N–H and O–H groups in total. The lowest BCUT2D eigenvalue weighted by Gasteiger charge is -2.32. The molecule has 0 unspecified atom stereocenters. The summed E-state index contributed by atoms with van der Waals surface area (Å²) in [4.78, 5) is 4.06. The number of aliphatic hydroxyl groups is 2. The second kappa shape index (κ2) is 11.8. The molecule has 2 aromatic carbocycles. The van der Waals surface area contributed by atoms with Gasteiger partial charge in [-0.2, -0.15) is 0 Å². The summed E-state index contributed by atoms with van der Waals surface area (Å²) in [6, 6.07) is 18.1. The third-order valence-corrected chi connectivity index (χ3v) is 5.51. The molecule has 4 rings (SSSR count). The predicted octanol–water partition coefficient (Wildman–Crippen LogP) is 5.37. The number of nitrogens with zero attached hydrogens (tertiary/aromatic N) is 1. The van der Waals surface area contributed by atoms with Crippen molar-refractivity contribution in [2.45, 2.75) is 58.3 Å². The summed E-state index contributed by atoms with van der Waals surface area (Å²) in [6.45, 7) is 6.03. The fraction of sp³-hybridized carbons (Fsp3) is 0.370. The zero-order chi connectivity index (χ0) is 22.9. The van der Waals surface area contributed by atoms with Crippen molar-refractivity contribution < 1.29 is 19.7 Å². The zero-order valence-electron chi connectivity index (χ0n) is 19.1. The zero-order valence-corrected chi connectivity index (χ0v) is 19.1. The van der Waals surface area contributed by atoms with Crippen molar-refractivity contribution >= 4 is 0 Å². The van der Waals surface area contributed by atoms with Gasteiger partial charge >= 0.3 is 0 Å².